The smallest absolute Gasteiger partial charge is 0.369 e. The minimum absolute atomic E-state index is 0.0740. The molecule has 162 valence electrons. The molecule has 0 aliphatic carbocycles. The van der Waals surface area contributed by atoms with Crippen molar-refractivity contribution in [1.29, 1.82) is 5.26 Å². The number of carbonyl (C=O) groups is 1. The third-order valence-corrected chi connectivity index (χ3v) is 5.21. The van der Waals surface area contributed by atoms with Gasteiger partial charge in [-0.05, 0) is 17.7 Å². The van der Waals surface area contributed by atoms with Gasteiger partial charge in [0.05, 0.1) is 23.1 Å². The molecule has 1 N–H and O–H groups in total. The summed E-state index contributed by atoms with van der Waals surface area (Å²) in [6, 6.07) is 7.79. The topological polar surface area (TPSA) is 77.2 Å². The monoisotopic (exact) mass is 451 g/mol. The number of anilines is 1. The molecule has 5 nitrogen and oxygen atoms in total. The molecule has 1 heterocycles. The normalized spacial score (nSPS) is 12.7. The molecule has 1 aromatic carbocycles. The van der Waals surface area contributed by atoms with Crippen LogP contribution in [0.4, 0.5) is 31.5 Å². The zero-order valence-electron chi connectivity index (χ0n) is 15.5. The second-order valence-electron chi connectivity index (χ2n) is 6.60. The van der Waals surface area contributed by atoms with Crippen molar-refractivity contribution in [3.63, 3.8) is 0 Å². The van der Waals surface area contributed by atoms with Crippen molar-refractivity contribution < 1.29 is 36.2 Å². The van der Waals surface area contributed by atoms with Gasteiger partial charge in [0.25, 0.3) is 5.60 Å². The first-order valence-electron chi connectivity index (χ1n) is 8.35. The molecule has 0 unspecified atom stereocenters. The van der Waals surface area contributed by atoms with E-state index in [1.165, 1.54) is 38.1 Å². The Hall–Kier alpha value is -2.65. The predicted molar refractivity (Wildman–Crippen MR) is 95.3 cm³/mol. The second-order valence-corrected chi connectivity index (χ2v) is 7.61. The van der Waals surface area contributed by atoms with E-state index in [0.29, 0.717) is 11.1 Å². The van der Waals surface area contributed by atoms with Gasteiger partial charge in [0, 0.05) is 12.1 Å². The lowest BCUT2D eigenvalue weighted by Crippen LogP contribution is -2.53. The molecule has 0 spiro atoms. The van der Waals surface area contributed by atoms with Crippen LogP contribution in [0.5, 0.6) is 0 Å². The maximum Gasteiger partial charge on any atom is 0.431 e. The van der Waals surface area contributed by atoms with E-state index in [0.717, 1.165) is 4.90 Å². The predicted octanol–water partition coefficient (Wildman–Crippen LogP) is 4.52. The van der Waals surface area contributed by atoms with Gasteiger partial charge in [-0.15, -0.1) is 0 Å². The van der Waals surface area contributed by atoms with Crippen molar-refractivity contribution in [1.82, 2.24) is 4.98 Å². The first-order chi connectivity index (χ1) is 13.7. The number of alkyl halides is 6. The number of nitrogens with zero attached hydrogens (tertiary/aromatic N) is 3. The molecule has 30 heavy (non-hydrogen) atoms. The maximum atomic E-state index is 13.1. The van der Waals surface area contributed by atoms with E-state index in [9.17, 15) is 36.2 Å². The Labute approximate surface area is 171 Å². The SMILES string of the molecule is CC(C)C(=O)N(Cc1ccc(C#N)cc1)c1ncc(C(O)(C(F)(F)F)C(F)(F)F)s1. The summed E-state index contributed by atoms with van der Waals surface area (Å²) in [5.41, 5.74) is -4.31. The van der Waals surface area contributed by atoms with Crippen LogP contribution in [0.2, 0.25) is 0 Å². The molecule has 0 radical (unpaired) electrons. The third-order valence-electron chi connectivity index (χ3n) is 4.09. The summed E-state index contributed by atoms with van der Waals surface area (Å²) in [5, 5.41) is 17.9. The molecule has 0 fully saturated rings. The third kappa shape index (κ3) is 4.41. The van der Waals surface area contributed by atoms with Gasteiger partial charge in [-0.25, -0.2) is 4.98 Å². The van der Waals surface area contributed by atoms with Crippen LogP contribution in [-0.2, 0) is 16.9 Å². The van der Waals surface area contributed by atoms with Gasteiger partial charge in [0.15, 0.2) is 5.13 Å². The van der Waals surface area contributed by atoms with E-state index in [4.69, 9.17) is 5.26 Å². The molecule has 1 aromatic heterocycles. The number of rotatable bonds is 5. The molecular formula is C18H15F6N3O2S. The van der Waals surface area contributed by atoms with Crippen LogP contribution in [0.15, 0.2) is 30.5 Å². The average molecular weight is 451 g/mol. The Morgan fingerprint density at radius 3 is 2.13 bits per heavy atom. The molecule has 0 saturated heterocycles. The number of thiazole rings is 1. The van der Waals surface area contributed by atoms with Crippen molar-refractivity contribution in [3.05, 3.63) is 46.5 Å². The maximum absolute atomic E-state index is 13.1. The summed E-state index contributed by atoms with van der Waals surface area (Å²) in [6.07, 6.45) is -11.8. The van der Waals surface area contributed by atoms with E-state index < -0.39 is 39.8 Å². The van der Waals surface area contributed by atoms with Crippen LogP contribution >= 0.6 is 11.3 Å². The van der Waals surface area contributed by atoms with Crippen molar-refractivity contribution in [2.24, 2.45) is 5.92 Å². The number of nitriles is 1. The molecule has 1 amide bonds. The fraction of sp³-hybridized carbons (Fsp3) is 0.389. The molecule has 2 rings (SSSR count). The summed E-state index contributed by atoms with van der Waals surface area (Å²) < 4.78 is 78.6. The minimum atomic E-state index is -6.05. The van der Waals surface area contributed by atoms with Crippen LogP contribution in [0.1, 0.15) is 29.9 Å². The van der Waals surface area contributed by atoms with E-state index in [2.05, 4.69) is 4.98 Å². The lowest BCUT2D eigenvalue weighted by atomic mass is 10.0. The molecular weight excluding hydrogens is 436 g/mol. The zero-order valence-corrected chi connectivity index (χ0v) is 16.4. The number of aliphatic hydroxyl groups is 1. The Morgan fingerprint density at radius 2 is 1.70 bits per heavy atom. The van der Waals surface area contributed by atoms with Gasteiger partial charge in [0.1, 0.15) is 0 Å². The van der Waals surface area contributed by atoms with Crippen LogP contribution in [0, 0.1) is 17.2 Å². The Balaban J connectivity index is 2.49. The van der Waals surface area contributed by atoms with Gasteiger partial charge in [-0.1, -0.05) is 37.3 Å². The standard InChI is InChI=1S/C18H15F6N3O2S/c1-10(2)14(28)27(9-12-5-3-11(7-25)4-6-12)15-26-8-13(30-15)16(29,17(19,20)21)18(22,23)24/h3-6,8,10,29H,9H2,1-2H3. The molecule has 0 bridgehead atoms. The van der Waals surface area contributed by atoms with Crippen LogP contribution in [-0.4, -0.2) is 28.4 Å². The summed E-state index contributed by atoms with van der Waals surface area (Å²) in [7, 11) is 0. The number of halogens is 6. The van der Waals surface area contributed by atoms with Crippen molar-refractivity contribution >= 4 is 22.4 Å². The highest BCUT2D eigenvalue weighted by Gasteiger charge is 2.72. The average Bonchev–Trinajstić information content (AvgIpc) is 3.13. The van der Waals surface area contributed by atoms with Crippen molar-refractivity contribution in [2.45, 2.75) is 38.3 Å². The molecule has 0 atom stereocenters. The lowest BCUT2D eigenvalue weighted by molar-refractivity contribution is -0.375. The summed E-state index contributed by atoms with van der Waals surface area (Å²) >= 11 is -0.0740. The zero-order chi connectivity index (χ0) is 22.9. The minimum Gasteiger partial charge on any atom is -0.369 e. The lowest BCUT2D eigenvalue weighted by Gasteiger charge is -2.31. The molecule has 12 heteroatoms. The van der Waals surface area contributed by atoms with E-state index >= 15 is 0 Å². The Kier molecular flexibility index (Phi) is 6.48. The van der Waals surface area contributed by atoms with Gasteiger partial charge in [-0.3, -0.25) is 9.69 Å². The summed E-state index contributed by atoms with van der Waals surface area (Å²) in [5.74, 6) is -1.23. The van der Waals surface area contributed by atoms with E-state index in [1.54, 1.807) is 0 Å². The largest absolute Gasteiger partial charge is 0.431 e. The van der Waals surface area contributed by atoms with Gasteiger partial charge >= 0.3 is 12.4 Å². The Bertz CT molecular complexity index is 931. The van der Waals surface area contributed by atoms with Gasteiger partial charge in [-0.2, -0.15) is 31.6 Å². The first-order valence-corrected chi connectivity index (χ1v) is 9.16. The van der Waals surface area contributed by atoms with Crippen molar-refractivity contribution in [3.8, 4) is 6.07 Å². The Morgan fingerprint density at radius 1 is 1.17 bits per heavy atom. The number of hydrogen-bond acceptors (Lipinski definition) is 5. The van der Waals surface area contributed by atoms with E-state index in [-0.39, 0.29) is 24.1 Å². The van der Waals surface area contributed by atoms with Gasteiger partial charge in [0.2, 0.25) is 5.91 Å². The highest BCUT2D eigenvalue weighted by atomic mass is 32.1. The highest BCUT2D eigenvalue weighted by Crippen LogP contribution is 2.52. The van der Waals surface area contributed by atoms with Crippen molar-refractivity contribution in [2.75, 3.05) is 4.90 Å². The fourth-order valence-corrected chi connectivity index (χ4v) is 3.47. The quantitative estimate of drug-likeness (QED) is 0.679. The number of amides is 1. The van der Waals surface area contributed by atoms with Crippen LogP contribution < -0.4 is 4.90 Å². The highest BCUT2D eigenvalue weighted by molar-refractivity contribution is 7.15. The number of carbonyl (C=O) groups excluding carboxylic acids is 1. The van der Waals surface area contributed by atoms with Crippen LogP contribution in [0.3, 0.4) is 0 Å². The molecule has 2 aromatic rings. The first kappa shape index (κ1) is 23.6. The fourth-order valence-electron chi connectivity index (χ4n) is 2.42. The number of hydrogen-bond donors (Lipinski definition) is 1. The van der Waals surface area contributed by atoms with Gasteiger partial charge < -0.3 is 5.11 Å². The van der Waals surface area contributed by atoms with E-state index in [1.807, 2.05) is 6.07 Å². The molecule has 0 aliphatic heterocycles. The summed E-state index contributed by atoms with van der Waals surface area (Å²) in [6.45, 7) is 2.81. The number of aromatic nitrogens is 1. The molecule has 0 saturated carbocycles. The molecule has 0 aliphatic rings. The number of benzene rings is 1. The summed E-state index contributed by atoms with van der Waals surface area (Å²) in [4.78, 5) is 15.5. The van der Waals surface area contributed by atoms with Crippen LogP contribution in [0.25, 0.3) is 0 Å². The second kappa shape index (κ2) is 8.23.